The number of hydrogen-bond donors (Lipinski definition) is 0. The monoisotopic (exact) mass is 518 g/mol. The van der Waals surface area contributed by atoms with E-state index in [0.29, 0.717) is 23.7 Å². The number of rotatable bonds is 7. The Morgan fingerprint density at radius 1 is 0.795 bits per heavy atom. The van der Waals surface area contributed by atoms with Gasteiger partial charge in [-0.3, -0.25) is 0 Å². The van der Waals surface area contributed by atoms with Gasteiger partial charge in [-0.05, 0) is 75.6 Å². The summed E-state index contributed by atoms with van der Waals surface area (Å²) in [4.78, 5) is 0. The van der Waals surface area contributed by atoms with Gasteiger partial charge in [0.05, 0.1) is 0 Å². The first-order valence-electron chi connectivity index (χ1n) is 15.4. The van der Waals surface area contributed by atoms with Gasteiger partial charge in [0.1, 0.15) is 0 Å². The van der Waals surface area contributed by atoms with Crippen molar-refractivity contribution in [3.05, 3.63) is 107 Å². The summed E-state index contributed by atoms with van der Waals surface area (Å²) in [5, 5.41) is 0. The van der Waals surface area contributed by atoms with E-state index in [1.54, 1.807) is 11.3 Å². The van der Waals surface area contributed by atoms with Crippen LogP contribution in [-0.4, -0.2) is 15.8 Å². The molecule has 2 heterocycles. The lowest BCUT2D eigenvalue weighted by atomic mass is 9.74. The van der Waals surface area contributed by atoms with Crippen molar-refractivity contribution in [3.63, 3.8) is 0 Å². The van der Waals surface area contributed by atoms with E-state index in [9.17, 15) is 0 Å². The SMILES string of the molecule is CCC1(CC)CCc2ccccc2C2=[N+]1C=CC(C(C)c1c(C(C)C)cc(-c3ccccc3)cc1C(C)C)C2. The molecular weight excluding hydrogens is 470 g/mol. The first-order chi connectivity index (χ1) is 18.8. The highest BCUT2D eigenvalue weighted by molar-refractivity contribution is 5.99. The van der Waals surface area contributed by atoms with Crippen molar-refractivity contribution in [2.24, 2.45) is 5.92 Å². The molecule has 0 saturated heterocycles. The van der Waals surface area contributed by atoms with E-state index in [2.05, 4.69) is 132 Å². The fraction of sp³-hybridized carbons (Fsp3) is 0.447. The fourth-order valence-electron chi connectivity index (χ4n) is 7.35. The second-order valence-electron chi connectivity index (χ2n) is 12.6. The quantitative estimate of drug-likeness (QED) is 0.274. The molecule has 3 aromatic rings. The lowest BCUT2D eigenvalue weighted by Crippen LogP contribution is -2.43. The Balaban J connectivity index is 1.61. The van der Waals surface area contributed by atoms with Crippen LogP contribution >= 0.6 is 0 Å². The fourth-order valence-corrected chi connectivity index (χ4v) is 7.35. The van der Waals surface area contributed by atoms with Crippen molar-refractivity contribution in [1.82, 2.24) is 0 Å². The standard InChI is InChI=1S/C38H48N/c1-8-38(9-2)21-19-30-17-13-14-18-33(30)36-25-31(20-22-39(36)38)28(7)37-34(26(3)4)23-32(24-35(37)27(5)6)29-15-11-10-12-16-29/h10-18,20,22-24,26-28,31H,8-9,19,21,25H2,1-7H3/q+1. The molecule has 0 aromatic heterocycles. The Morgan fingerprint density at radius 2 is 1.41 bits per heavy atom. The normalized spacial score (nSPS) is 19.2. The van der Waals surface area contributed by atoms with Crippen molar-refractivity contribution in [3.8, 4) is 11.1 Å². The molecule has 1 heteroatoms. The molecular formula is C38H48N+. The minimum Gasteiger partial charge on any atom is -0.197 e. The van der Waals surface area contributed by atoms with Gasteiger partial charge in [0, 0.05) is 31.2 Å². The summed E-state index contributed by atoms with van der Waals surface area (Å²) in [6.07, 6.45) is 10.9. The highest BCUT2D eigenvalue weighted by Crippen LogP contribution is 2.43. The molecule has 0 aliphatic carbocycles. The molecule has 3 aromatic carbocycles. The zero-order valence-corrected chi connectivity index (χ0v) is 25.3. The van der Waals surface area contributed by atoms with Gasteiger partial charge in [-0.1, -0.05) is 109 Å². The van der Waals surface area contributed by atoms with Crippen molar-refractivity contribution < 1.29 is 4.58 Å². The predicted octanol–water partition coefficient (Wildman–Crippen LogP) is 10.2. The third-order valence-corrected chi connectivity index (χ3v) is 9.91. The molecule has 2 unspecified atom stereocenters. The lowest BCUT2D eigenvalue weighted by molar-refractivity contribution is -0.554. The van der Waals surface area contributed by atoms with Gasteiger partial charge in [-0.15, -0.1) is 0 Å². The number of aryl methyl sites for hydroxylation is 1. The topological polar surface area (TPSA) is 3.01 Å². The predicted molar refractivity (Wildman–Crippen MR) is 168 cm³/mol. The highest BCUT2D eigenvalue weighted by atomic mass is 15.1. The first kappa shape index (κ1) is 27.6. The van der Waals surface area contributed by atoms with Gasteiger partial charge in [0.25, 0.3) is 0 Å². The van der Waals surface area contributed by atoms with Crippen LogP contribution in [0.1, 0.15) is 120 Å². The second kappa shape index (κ2) is 11.3. The van der Waals surface area contributed by atoms with Crippen LogP contribution in [0.4, 0.5) is 0 Å². The van der Waals surface area contributed by atoms with Crippen LogP contribution in [0, 0.1) is 5.92 Å². The van der Waals surface area contributed by atoms with Gasteiger partial charge in [-0.2, -0.15) is 4.58 Å². The molecule has 0 radical (unpaired) electrons. The number of benzene rings is 3. The van der Waals surface area contributed by atoms with Gasteiger partial charge >= 0.3 is 0 Å². The minimum absolute atomic E-state index is 0.211. The van der Waals surface area contributed by atoms with Crippen LogP contribution in [0.2, 0.25) is 0 Å². The molecule has 2 atom stereocenters. The van der Waals surface area contributed by atoms with Crippen LogP contribution in [0.25, 0.3) is 11.1 Å². The molecule has 1 nitrogen and oxygen atoms in total. The zero-order valence-electron chi connectivity index (χ0n) is 25.3. The van der Waals surface area contributed by atoms with Gasteiger partial charge < -0.3 is 0 Å². The number of nitrogens with zero attached hydrogens (tertiary/aromatic N) is 1. The Labute approximate surface area is 237 Å². The third kappa shape index (κ3) is 5.06. The van der Waals surface area contributed by atoms with Gasteiger partial charge in [0.15, 0.2) is 17.5 Å². The summed E-state index contributed by atoms with van der Waals surface area (Å²) in [7, 11) is 0. The maximum atomic E-state index is 2.70. The van der Waals surface area contributed by atoms with Crippen molar-refractivity contribution in [2.75, 3.05) is 0 Å². The molecule has 0 amide bonds. The average molecular weight is 519 g/mol. The summed E-state index contributed by atoms with van der Waals surface area (Å²) in [5.41, 5.74) is 12.1. The molecule has 0 N–H and O–H groups in total. The van der Waals surface area contributed by atoms with E-state index in [-0.39, 0.29) is 5.54 Å². The van der Waals surface area contributed by atoms with E-state index in [1.807, 2.05) is 0 Å². The molecule has 2 aliphatic rings. The molecule has 204 valence electrons. The van der Waals surface area contributed by atoms with E-state index in [4.69, 9.17) is 0 Å². The smallest absolute Gasteiger partial charge is 0.189 e. The summed E-state index contributed by atoms with van der Waals surface area (Å²) >= 11 is 0. The largest absolute Gasteiger partial charge is 0.197 e. The van der Waals surface area contributed by atoms with Crippen molar-refractivity contribution >= 4 is 5.71 Å². The molecule has 2 aliphatic heterocycles. The van der Waals surface area contributed by atoms with Crippen LogP contribution in [0.5, 0.6) is 0 Å². The summed E-state index contributed by atoms with van der Waals surface area (Å²) in [5.74, 6) is 1.88. The Kier molecular flexibility index (Phi) is 7.99. The van der Waals surface area contributed by atoms with Crippen molar-refractivity contribution in [1.29, 1.82) is 0 Å². The highest BCUT2D eigenvalue weighted by Gasteiger charge is 2.44. The Bertz CT molecular complexity index is 1340. The van der Waals surface area contributed by atoms with Crippen LogP contribution in [0.3, 0.4) is 0 Å². The van der Waals surface area contributed by atoms with E-state index < -0.39 is 0 Å². The van der Waals surface area contributed by atoms with Crippen LogP contribution in [0.15, 0.2) is 79.0 Å². The molecule has 0 spiro atoms. The van der Waals surface area contributed by atoms with E-state index in [1.165, 1.54) is 59.1 Å². The average Bonchev–Trinajstić information content (AvgIpc) is 3.11. The van der Waals surface area contributed by atoms with Crippen LogP contribution in [-0.2, 0) is 6.42 Å². The van der Waals surface area contributed by atoms with E-state index >= 15 is 0 Å². The van der Waals surface area contributed by atoms with Crippen molar-refractivity contribution in [2.45, 2.75) is 104 Å². The summed E-state index contributed by atoms with van der Waals surface area (Å²) in [6.45, 7) is 16.8. The Hall–Kier alpha value is -2.93. The molecule has 39 heavy (non-hydrogen) atoms. The molecule has 0 saturated carbocycles. The number of allylic oxidation sites excluding steroid dienone is 1. The molecule has 0 fully saturated rings. The second-order valence-corrected chi connectivity index (χ2v) is 12.6. The maximum absolute atomic E-state index is 2.70. The summed E-state index contributed by atoms with van der Waals surface area (Å²) in [6, 6.07) is 25.1. The summed E-state index contributed by atoms with van der Waals surface area (Å²) < 4.78 is 2.70. The maximum Gasteiger partial charge on any atom is 0.189 e. The number of hydrogen-bond acceptors (Lipinski definition) is 0. The van der Waals surface area contributed by atoms with E-state index in [0.717, 1.165) is 6.42 Å². The van der Waals surface area contributed by atoms with Gasteiger partial charge in [0.2, 0.25) is 0 Å². The third-order valence-electron chi connectivity index (χ3n) is 9.91. The zero-order chi connectivity index (χ0) is 27.7. The molecule has 5 rings (SSSR count). The van der Waals surface area contributed by atoms with Crippen LogP contribution < -0.4 is 0 Å². The van der Waals surface area contributed by atoms with Gasteiger partial charge in [-0.25, -0.2) is 0 Å². The Morgan fingerprint density at radius 3 is 2.03 bits per heavy atom. The first-order valence-corrected chi connectivity index (χ1v) is 15.4. The lowest BCUT2D eigenvalue weighted by Gasteiger charge is -2.33. The molecule has 0 bridgehead atoms. The number of fused-ring (bicyclic) bond motifs is 2. The minimum atomic E-state index is 0.211.